The van der Waals surface area contributed by atoms with Gasteiger partial charge in [-0.15, -0.1) is 186 Å². The van der Waals surface area contributed by atoms with Crippen LogP contribution in [0, 0.1) is 0 Å². The molecule has 0 N–H and O–H groups in total. The molecule has 0 aliphatic carbocycles. The Labute approximate surface area is 223 Å². The van der Waals surface area contributed by atoms with Crippen LogP contribution in [-0.2, 0) is 0 Å². The molecule has 0 aromatic heterocycles. The Bertz CT molecular complexity index is 14.5. The fraction of sp³-hybridized carbons (Fsp3) is 0. The monoisotopic (exact) mass is 582 g/mol. The van der Waals surface area contributed by atoms with Crippen LogP contribution in [-0.4, -0.2) is 37.7 Å². The molecule has 0 amide bonds. The van der Waals surface area contributed by atoms with Crippen molar-refractivity contribution >= 4 is 224 Å². The quantitative estimate of drug-likeness (QED) is 0.297. The SMILES string of the molecule is Cl.Cl.Cl.Cl.Cl.Cl.Cl.Cl.Cl.Cl.Cl.Cl.Cl.Cl.Cl.[Ca+2].[H-].[H-]. The topological polar surface area (TPSA) is 0 Å². The van der Waals surface area contributed by atoms with Gasteiger partial charge in [-0.2, -0.15) is 0 Å². The molecule has 124 valence electrons. The molecular formula is H17CaCl15. The number of hydrogen-bond donors (Lipinski definition) is 0. The first-order valence-corrected chi connectivity index (χ1v) is 0. The molecule has 0 bridgehead atoms. The van der Waals surface area contributed by atoms with E-state index in [4.69, 9.17) is 0 Å². The smallest absolute Gasteiger partial charge is 1.00 e. The van der Waals surface area contributed by atoms with E-state index in [9.17, 15) is 0 Å². The third-order valence-corrected chi connectivity index (χ3v) is 0. The van der Waals surface area contributed by atoms with E-state index in [2.05, 4.69) is 0 Å². The maximum atomic E-state index is 0. The minimum atomic E-state index is 0. The summed E-state index contributed by atoms with van der Waals surface area (Å²) >= 11 is 0. The van der Waals surface area contributed by atoms with E-state index in [1.54, 1.807) is 0 Å². The van der Waals surface area contributed by atoms with Crippen LogP contribution in [0.2, 0.25) is 0 Å². The molecule has 0 saturated carbocycles. The van der Waals surface area contributed by atoms with Crippen molar-refractivity contribution in [2.45, 2.75) is 0 Å². The second-order valence-corrected chi connectivity index (χ2v) is 0. The van der Waals surface area contributed by atoms with E-state index in [1.165, 1.54) is 0 Å². The third-order valence-electron chi connectivity index (χ3n) is 0. The zero-order valence-corrected chi connectivity index (χ0v) is 21.3. The molecule has 16 heteroatoms. The fourth-order valence-electron chi connectivity index (χ4n) is 0. The zero-order valence-electron chi connectivity index (χ0n) is 8.83. The molecule has 0 nitrogen and oxygen atoms in total. The zero-order chi connectivity index (χ0) is 0. The van der Waals surface area contributed by atoms with Crippen LogP contribution in [0.15, 0.2) is 0 Å². The molecule has 0 aromatic rings. The largest absolute Gasteiger partial charge is 2.00 e. The standard InChI is InChI=1S/Ca.15ClH.2H/h;15*1H;;/q+2;;;;;;;;;;;;;;;;2*-1. The van der Waals surface area contributed by atoms with Crippen LogP contribution >= 0.6 is 186 Å². The van der Waals surface area contributed by atoms with Gasteiger partial charge in [0.05, 0.1) is 0 Å². The van der Waals surface area contributed by atoms with E-state index in [1.807, 2.05) is 0 Å². The van der Waals surface area contributed by atoms with Gasteiger partial charge in [0.2, 0.25) is 0 Å². The molecule has 0 aliphatic heterocycles. The van der Waals surface area contributed by atoms with Gasteiger partial charge >= 0.3 is 37.7 Å². The molecule has 0 saturated heterocycles. The summed E-state index contributed by atoms with van der Waals surface area (Å²) in [6.07, 6.45) is 0. The first kappa shape index (κ1) is 292. The molecule has 0 aromatic carbocycles. The van der Waals surface area contributed by atoms with E-state index in [0.717, 1.165) is 0 Å². The predicted octanol–water partition coefficient (Wildman–Crippen LogP) is 6.17. The number of hydrogen-bond acceptors (Lipinski definition) is 0. The maximum Gasteiger partial charge on any atom is 2.00 e. The normalized spacial score (nSPS) is 0. The van der Waals surface area contributed by atoms with Gasteiger partial charge in [0, 0.05) is 0 Å². The van der Waals surface area contributed by atoms with Crippen LogP contribution < -0.4 is 0 Å². The van der Waals surface area contributed by atoms with Crippen molar-refractivity contribution in [1.29, 1.82) is 0 Å². The molecule has 16 heavy (non-hydrogen) atoms. The molecule has 0 fully saturated rings. The summed E-state index contributed by atoms with van der Waals surface area (Å²) in [5, 5.41) is 0. The number of rotatable bonds is 0. The summed E-state index contributed by atoms with van der Waals surface area (Å²) < 4.78 is 0. The van der Waals surface area contributed by atoms with Crippen molar-refractivity contribution < 1.29 is 2.85 Å². The Hall–Kier alpha value is 5.61. The second-order valence-electron chi connectivity index (χ2n) is 0. The van der Waals surface area contributed by atoms with E-state index in [0.29, 0.717) is 0 Å². The van der Waals surface area contributed by atoms with Crippen LogP contribution in [0.3, 0.4) is 0 Å². The van der Waals surface area contributed by atoms with Gasteiger partial charge in [-0.3, -0.25) is 0 Å². The second kappa shape index (κ2) is 252. The molecule has 0 spiro atoms. The Morgan fingerprint density at radius 2 is 0.188 bits per heavy atom. The predicted molar refractivity (Wildman–Crippen MR) is 117 cm³/mol. The third kappa shape index (κ3) is 216. The van der Waals surface area contributed by atoms with Crippen LogP contribution in [0.25, 0.3) is 0 Å². The van der Waals surface area contributed by atoms with Crippen molar-refractivity contribution in [2.75, 3.05) is 0 Å². The van der Waals surface area contributed by atoms with Crippen LogP contribution in [0.1, 0.15) is 2.85 Å². The van der Waals surface area contributed by atoms with Gasteiger partial charge in [0.25, 0.3) is 0 Å². The van der Waals surface area contributed by atoms with E-state index < -0.39 is 0 Å². The van der Waals surface area contributed by atoms with Gasteiger partial charge in [-0.1, -0.05) is 0 Å². The summed E-state index contributed by atoms with van der Waals surface area (Å²) in [4.78, 5) is 0. The van der Waals surface area contributed by atoms with Gasteiger partial charge in [0.1, 0.15) is 0 Å². The molecule has 0 radical (unpaired) electrons. The van der Waals surface area contributed by atoms with Crippen molar-refractivity contribution in [3.63, 3.8) is 0 Å². The van der Waals surface area contributed by atoms with Crippen molar-refractivity contribution in [2.24, 2.45) is 0 Å². The summed E-state index contributed by atoms with van der Waals surface area (Å²) in [7, 11) is 0. The van der Waals surface area contributed by atoms with Gasteiger partial charge in [-0.25, -0.2) is 0 Å². The van der Waals surface area contributed by atoms with Crippen molar-refractivity contribution in [3.8, 4) is 0 Å². The van der Waals surface area contributed by atoms with Gasteiger partial charge < -0.3 is 2.85 Å². The van der Waals surface area contributed by atoms with Gasteiger partial charge in [-0.05, 0) is 0 Å². The average molecular weight is 589 g/mol. The molecular weight excluding hydrogens is 572 g/mol. The minimum Gasteiger partial charge on any atom is -1.00 e. The Morgan fingerprint density at radius 1 is 0.188 bits per heavy atom. The summed E-state index contributed by atoms with van der Waals surface area (Å²) in [5.41, 5.74) is 0. The van der Waals surface area contributed by atoms with Crippen LogP contribution in [0.5, 0.6) is 0 Å². The molecule has 0 heterocycles. The number of halogens is 15. The Morgan fingerprint density at radius 3 is 0.188 bits per heavy atom. The van der Waals surface area contributed by atoms with Crippen molar-refractivity contribution in [1.82, 2.24) is 0 Å². The summed E-state index contributed by atoms with van der Waals surface area (Å²) in [6.45, 7) is 0. The van der Waals surface area contributed by atoms with Gasteiger partial charge in [0.15, 0.2) is 0 Å². The Balaban J connectivity index is 0. The Kier molecular flexibility index (Phi) is 4590. The van der Waals surface area contributed by atoms with Crippen LogP contribution in [0.4, 0.5) is 0 Å². The fourth-order valence-corrected chi connectivity index (χ4v) is 0. The maximum absolute atomic E-state index is 0. The summed E-state index contributed by atoms with van der Waals surface area (Å²) in [5.74, 6) is 0. The van der Waals surface area contributed by atoms with E-state index >= 15 is 0 Å². The molecule has 0 atom stereocenters. The molecule has 0 aliphatic rings. The first-order valence-electron chi connectivity index (χ1n) is 0. The minimum absolute atomic E-state index is 0. The average Bonchev–Trinajstić information content (AvgIpc) is 0. The molecule has 0 unspecified atom stereocenters. The molecule has 0 rings (SSSR count). The first-order chi connectivity index (χ1) is 0. The summed E-state index contributed by atoms with van der Waals surface area (Å²) in [6, 6.07) is 0. The van der Waals surface area contributed by atoms with E-state index in [-0.39, 0.29) is 227 Å². The van der Waals surface area contributed by atoms with Crippen molar-refractivity contribution in [3.05, 3.63) is 0 Å².